The highest BCUT2D eigenvalue weighted by molar-refractivity contribution is 7.80. The smallest absolute Gasteiger partial charge is 0.143 e. The third-order valence-corrected chi connectivity index (χ3v) is 4.17. The van der Waals surface area contributed by atoms with E-state index in [2.05, 4.69) is 28.9 Å². The van der Waals surface area contributed by atoms with Crippen molar-refractivity contribution >= 4 is 34.4 Å². The topological polar surface area (TPSA) is 84.0 Å². The minimum Gasteiger partial charge on any atom is -0.506 e. The van der Waals surface area contributed by atoms with E-state index in [-0.39, 0.29) is 5.75 Å². The molecule has 0 spiro atoms. The molecule has 0 saturated carbocycles. The van der Waals surface area contributed by atoms with Crippen LogP contribution >= 0.6 is 12.6 Å². The van der Waals surface area contributed by atoms with Crippen LogP contribution in [0.4, 0.5) is 0 Å². The summed E-state index contributed by atoms with van der Waals surface area (Å²) in [4.78, 5) is 1.38. The Balaban J connectivity index is 1.82. The summed E-state index contributed by atoms with van der Waals surface area (Å²) < 4.78 is 5.61. The highest BCUT2D eigenvalue weighted by Gasteiger charge is 2.11. The first-order valence-corrected chi connectivity index (χ1v) is 8.59. The van der Waals surface area contributed by atoms with Crippen molar-refractivity contribution in [3.05, 3.63) is 54.1 Å². The summed E-state index contributed by atoms with van der Waals surface area (Å²) in [6, 6.07) is 16.3. The van der Waals surface area contributed by atoms with Gasteiger partial charge in [0.05, 0.1) is 18.2 Å². The third-order valence-electron chi connectivity index (χ3n) is 3.99. The molecule has 0 atom stereocenters. The zero-order chi connectivity index (χ0) is 18.1. The number of phenols is 1. The van der Waals surface area contributed by atoms with Crippen molar-refractivity contribution < 1.29 is 9.84 Å². The predicted molar refractivity (Wildman–Crippen MR) is 102 cm³/mol. The number of hydrogen-bond donors (Lipinski definition) is 2. The van der Waals surface area contributed by atoms with Gasteiger partial charge in [-0.2, -0.15) is 17.9 Å². The molecule has 26 heavy (non-hydrogen) atoms. The number of hydrogen-bond acceptors (Lipinski definition) is 6. The average Bonchev–Trinajstić information content (AvgIpc) is 3.08. The molecule has 4 aromatic rings. The number of benzene rings is 3. The van der Waals surface area contributed by atoms with E-state index in [0.717, 1.165) is 16.5 Å². The minimum atomic E-state index is 0.0716. The average molecular weight is 362 g/mol. The summed E-state index contributed by atoms with van der Waals surface area (Å²) in [5, 5.41) is 30.0. The highest BCUT2D eigenvalue weighted by Crippen LogP contribution is 2.30. The van der Waals surface area contributed by atoms with Gasteiger partial charge in [0.2, 0.25) is 0 Å². The van der Waals surface area contributed by atoms with Gasteiger partial charge in [0, 0.05) is 5.75 Å². The maximum atomic E-state index is 10.4. The van der Waals surface area contributed by atoms with Crippen LogP contribution in [0.5, 0.6) is 11.5 Å². The van der Waals surface area contributed by atoms with E-state index >= 15 is 0 Å². The summed E-state index contributed by atoms with van der Waals surface area (Å²) in [5.41, 5.74) is 2.21. The van der Waals surface area contributed by atoms with Crippen LogP contribution in [0.1, 0.15) is 5.56 Å². The molecule has 3 aromatic carbocycles. The molecule has 0 radical (unpaired) electrons. The van der Waals surface area contributed by atoms with Crippen molar-refractivity contribution in [2.45, 2.75) is 0 Å². The molecule has 6 nitrogen and oxygen atoms in total. The fourth-order valence-electron chi connectivity index (χ4n) is 2.76. The zero-order valence-corrected chi connectivity index (χ0v) is 14.5. The lowest BCUT2D eigenvalue weighted by Crippen LogP contribution is -2.00. The lowest BCUT2D eigenvalue weighted by molar-refractivity contribution is 0.345. The van der Waals surface area contributed by atoms with E-state index in [1.165, 1.54) is 4.80 Å². The van der Waals surface area contributed by atoms with Crippen molar-refractivity contribution in [2.24, 2.45) is 0 Å². The highest BCUT2D eigenvalue weighted by atomic mass is 32.1. The molecule has 1 aromatic heterocycles. The molecule has 0 aliphatic heterocycles. The SMILES string of the molecule is N#Cc1ccc2nn(-c3cc4cc(OCCS)ccc4cc3O)nc2c1. The van der Waals surface area contributed by atoms with Crippen LogP contribution in [0.2, 0.25) is 0 Å². The first-order chi connectivity index (χ1) is 12.7. The van der Waals surface area contributed by atoms with Crippen LogP contribution in [0, 0.1) is 11.3 Å². The van der Waals surface area contributed by atoms with E-state index < -0.39 is 0 Å². The number of fused-ring (bicyclic) bond motifs is 2. The van der Waals surface area contributed by atoms with Gasteiger partial charge >= 0.3 is 0 Å². The molecule has 128 valence electrons. The molecule has 1 N–H and O–H groups in total. The first-order valence-electron chi connectivity index (χ1n) is 7.96. The number of aromatic hydroxyl groups is 1. The number of ether oxygens (including phenoxy) is 1. The molecule has 1 heterocycles. The quantitative estimate of drug-likeness (QED) is 0.543. The fraction of sp³-hybridized carbons (Fsp3) is 0.105. The van der Waals surface area contributed by atoms with Gasteiger partial charge in [-0.05, 0) is 53.2 Å². The molecular weight excluding hydrogens is 348 g/mol. The van der Waals surface area contributed by atoms with Gasteiger partial charge in [-0.3, -0.25) is 0 Å². The summed E-state index contributed by atoms with van der Waals surface area (Å²) in [5.74, 6) is 1.44. The Hall–Kier alpha value is -3.24. The number of phenolic OH excluding ortho intramolecular Hbond substituents is 1. The number of aromatic nitrogens is 3. The van der Waals surface area contributed by atoms with E-state index in [1.807, 2.05) is 24.3 Å². The fourth-order valence-corrected chi connectivity index (χ4v) is 2.85. The Morgan fingerprint density at radius 2 is 1.88 bits per heavy atom. The van der Waals surface area contributed by atoms with E-state index in [1.54, 1.807) is 24.3 Å². The van der Waals surface area contributed by atoms with Crippen molar-refractivity contribution in [1.29, 1.82) is 5.26 Å². The molecule has 0 aliphatic rings. The summed E-state index contributed by atoms with van der Waals surface area (Å²) in [6.45, 7) is 0.521. The monoisotopic (exact) mass is 362 g/mol. The molecule has 0 aliphatic carbocycles. The Bertz CT molecular complexity index is 1160. The van der Waals surface area contributed by atoms with Gasteiger partial charge in [0.15, 0.2) is 0 Å². The largest absolute Gasteiger partial charge is 0.506 e. The summed E-state index contributed by atoms with van der Waals surface area (Å²) in [6.07, 6.45) is 0. The van der Waals surface area contributed by atoms with Crippen LogP contribution < -0.4 is 4.74 Å². The maximum absolute atomic E-state index is 10.4. The summed E-state index contributed by atoms with van der Waals surface area (Å²) in [7, 11) is 0. The second kappa shape index (κ2) is 6.58. The number of thiol groups is 1. The molecule has 7 heteroatoms. The molecule has 0 bridgehead atoms. The second-order valence-electron chi connectivity index (χ2n) is 5.73. The number of nitrogens with zero attached hydrogens (tertiary/aromatic N) is 4. The van der Waals surface area contributed by atoms with Crippen LogP contribution in [0.15, 0.2) is 48.5 Å². The molecule has 0 saturated heterocycles. The Morgan fingerprint density at radius 1 is 1.04 bits per heavy atom. The van der Waals surface area contributed by atoms with Gasteiger partial charge in [0.1, 0.15) is 28.2 Å². The van der Waals surface area contributed by atoms with Gasteiger partial charge in [-0.15, -0.1) is 15.0 Å². The Morgan fingerprint density at radius 3 is 2.69 bits per heavy atom. The van der Waals surface area contributed by atoms with Crippen LogP contribution in [0.25, 0.3) is 27.5 Å². The maximum Gasteiger partial charge on any atom is 0.143 e. The van der Waals surface area contributed by atoms with Gasteiger partial charge < -0.3 is 9.84 Å². The molecule has 4 rings (SSSR count). The molecule has 0 fully saturated rings. The first kappa shape index (κ1) is 16.2. The Kier molecular flexibility index (Phi) is 4.11. The standard InChI is InChI=1S/C19H14N4O2S/c20-11-12-1-4-16-17(7-12)22-23(21-16)18-9-14-8-15(25-5-6-26)3-2-13(14)10-19(18)24/h1-4,7-10,24,26H,5-6H2. The van der Waals surface area contributed by atoms with Gasteiger partial charge in [-0.1, -0.05) is 6.07 Å². The van der Waals surface area contributed by atoms with E-state index in [4.69, 9.17) is 10.00 Å². The normalized spacial score (nSPS) is 10.9. The zero-order valence-electron chi connectivity index (χ0n) is 13.6. The van der Waals surface area contributed by atoms with Crippen LogP contribution in [-0.4, -0.2) is 32.5 Å². The second-order valence-corrected chi connectivity index (χ2v) is 6.17. The van der Waals surface area contributed by atoms with Crippen molar-refractivity contribution in [3.63, 3.8) is 0 Å². The van der Waals surface area contributed by atoms with Crippen molar-refractivity contribution in [3.8, 4) is 23.3 Å². The van der Waals surface area contributed by atoms with Gasteiger partial charge in [-0.25, -0.2) is 0 Å². The Labute approximate surface area is 154 Å². The van der Waals surface area contributed by atoms with Crippen LogP contribution in [-0.2, 0) is 0 Å². The summed E-state index contributed by atoms with van der Waals surface area (Å²) >= 11 is 4.14. The lowest BCUT2D eigenvalue weighted by atomic mass is 10.1. The van der Waals surface area contributed by atoms with Crippen molar-refractivity contribution in [2.75, 3.05) is 12.4 Å². The van der Waals surface area contributed by atoms with Crippen LogP contribution in [0.3, 0.4) is 0 Å². The number of nitriles is 1. The molecule has 0 amide bonds. The van der Waals surface area contributed by atoms with Crippen molar-refractivity contribution in [1.82, 2.24) is 15.0 Å². The predicted octanol–water partition coefficient (Wildman–Crippen LogP) is 3.46. The van der Waals surface area contributed by atoms with Gasteiger partial charge in [0.25, 0.3) is 0 Å². The third kappa shape index (κ3) is 2.91. The lowest BCUT2D eigenvalue weighted by Gasteiger charge is -2.08. The number of rotatable bonds is 4. The van der Waals surface area contributed by atoms with E-state index in [9.17, 15) is 5.11 Å². The van der Waals surface area contributed by atoms with E-state index in [0.29, 0.717) is 34.6 Å². The molecular formula is C19H14N4O2S. The minimum absolute atomic E-state index is 0.0716. The molecule has 0 unspecified atom stereocenters.